The molecule has 4 rings (SSSR count). The number of aromatic hydroxyl groups is 1. The van der Waals surface area contributed by atoms with Gasteiger partial charge in [0, 0.05) is 17.4 Å². The third-order valence-electron chi connectivity index (χ3n) is 6.07. The topological polar surface area (TPSA) is 29.5 Å². The van der Waals surface area contributed by atoms with Crippen molar-refractivity contribution in [2.45, 2.75) is 58.0 Å². The van der Waals surface area contributed by atoms with Gasteiger partial charge in [-0.15, -0.1) is 0 Å². The zero-order chi connectivity index (χ0) is 18.3. The van der Waals surface area contributed by atoms with E-state index in [9.17, 15) is 5.11 Å². The highest BCUT2D eigenvalue weighted by Crippen LogP contribution is 2.53. The molecule has 0 bridgehead atoms. The summed E-state index contributed by atoms with van der Waals surface area (Å²) >= 11 is 0. The molecule has 2 atom stereocenters. The largest absolute Gasteiger partial charge is 0.507 e. The van der Waals surface area contributed by atoms with Crippen molar-refractivity contribution in [3.8, 4) is 11.5 Å². The smallest absolute Gasteiger partial charge is 0.127 e. The van der Waals surface area contributed by atoms with Gasteiger partial charge in [0.2, 0.25) is 0 Å². The highest BCUT2D eigenvalue weighted by molar-refractivity contribution is 5.54. The molecule has 1 N–H and O–H groups in total. The monoisotopic (exact) mass is 348 g/mol. The summed E-state index contributed by atoms with van der Waals surface area (Å²) in [6.45, 7) is 6.58. The summed E-state index contributed by atoms with van der Waals surface area (Å²) in [7, 11) is 0. The van der Waals surface area contributed by atoms with Crippen LogP contribution in [0.1, 0.15) is 56.2 Å². The van der Waals surface area contributed by atoms with Crippen molar-refractivity contribution >= 4 is 0 Å². The van der Waals surface area contributed by atoms with Crippen LogP contribution in [-0.4, -0.2) is 10.7 Å². The van der Waals surface area contributed by atoms with E-state index in [-0.39, 0.29) is 11.5 Å². The molecule has 0 spiro atoms. The molecular weight excluding hydrogens is 320 g/mol. The van der Waals surface area contributed by atoms with Gasteiger partial charge in [-0.05, 0) is 69.7 Å². The van der Waals surface area contributed by atoms with Crippen molar-refractivity contribution in [3.63, 3.8) is 0 Å². The maximum Gasteiger partial charge on any atom is 0.127 e. The fraction of sp³-hybridized carbons (Fsp3) is 0.417. The summed E-state index contributed by atoms with van der Waals surface area (Å²) in [6, 6.07) is 14.6. The Kier molecular flexibility index (Phi) is 4.30. The number of ether oxygens (including phenoxy) is 1. The summed E-state index contributed by atoms with van der Waals surface area (Å²) in [4.78, 5) is 0. The van der Waals surface area contributed by atoms with Crippen LogP contribution in [-0.2, 0) is 12.8 Å². The van der Waals surface area contributed by atoms with Crippen LogP contribution >= 0.6 is 0 Å². The number of phenolic OH excluding ortho intramolecular Hbond substituents is 1. The van der Waals surface area contributed by atoms with E-state index in [0.717, 1.165) is 42.6 Å². The van der Waals surface area contributed by atoms with Gasteiger partial charge in [-0.25, -0.2) is 0 Å². The zero-order valence-corrected chi connectivity index (χ0v) is 16.0. The number of hydrogen-bond donors (Lipinski definition) is 1. The molecule has 1 heterocycles. The molecular formula is C24H28O2. The molecule has 0 fully saturated rings. The molecule has 2 nitrogen and oxygen atoms in total. The van der Waals surface area contributed by atoms with E-state index < -0.39 is 0 Å². The van der Waals surface area contributed by atoms with Gasteiger partial charge in [-0.1, -0.05) is 42.0 Å². The van der Waals surface area contributed by atoms with E-state index in [4.69, 9.17) is 4.74 Å². The first-order chi connectivity index (χ1) is 12.4. The molecule has 0 saturated carbocycles. The highest BCUT2D eigenvalue weighted by atomic mass is 16.5. The van der Waals surface area contributed by atoms with Gasteiger partial charge in [0.05, 0.1) is 0 Å². The Bertz CT molecular complexity index is 833. The molecule has 0 unspecified atom stereocenters. The SMILES string of the molecule is CC1=C[C@H]2c3c(O)cc(CCc4ccccc4)cc3OC(C)(C)[C@@H]2CC1. The van der Waals surface area contributed by atoms with Crippen LogP contribution in [0.5, 0.6) is 11.5 Å². The number of benzene rings is 2. The summed E-state index contributed by atoms with van der Waals surface area (Å²) in [5.41, 5.74) is 4.64. The Morgan fingerprint density at radius 1 is 1.08 bits per heavy atom. The number of phenols is 1. The van der Waals surface area contributed by atoms with Crippen molar-refractivity contribution in [2.75, 3.05) is 0 Å². The fourth-order valence-corrected chi connectivity index (χ4v) is 4.66. The van der Waals surface area contributed by atoms with Crippen LogP contribution < -0.4 is 4.74 Å². The number of hydrogen-bond acceptors (Lipinski definition) is 2. The second-order valence-electron chi connectivity index (χ2n) is 8.40. The summed E-state index contributed by atoms with van der Waals surface area (Å²) in [6.07, 6.45) is 6.46. The molecule has 2 aromatic rings. The first-order valence-corrected chi connectivity index (χ1v) is 9.70. The Morgan fingerprint density at radius 3 is 2.58 bits per heavy atom. The van der Waals surface area contributed by atoms with Crippen molar-refractivity contribution in [2.24, 2.45) is 5.92 Å². The molecule has 26 heavy (non-hydrogen) atoms. The molecule has 1 aliphatic heterocycles. The average molecular weight is 348 g/mol. The maximum absolute atomic E-state index is 10.8. The standard InChI is InChI=1S/C24H28O2/c1-16-9-12-20-19(13-16)23-21(25)14-18(15-22(23)26-24(20,2)3)11-10-17-7-5-4-6-8-17/h4-8,13-15,19-20,25H,9-12H2,1-3H3/t19-,20-/m1/s1. The number of aryl methyl sites for hydroxylation is 2. The molecule has 1 aliphatic carbocycles. The first kappa shape index (κ1) is 17.2. The van der Waals surface area contributed by atoms with Gasteiger partial charge in [-0.3, -0.25) is 0 Å². The van der Waals surface area contributed by atoms with E-state index >= 15 is 0 Å². The Hall–Kier alpha value is -2.22. The molecule has 0 saturated heterocycles. The predicted molar refractivity (Wildman–Crippen MR) is 106 cm³/mol. The van der Waals surface area contributed by atoms with Gasteiger partial charge in [-0.2, -0.15) is 0 Å². The Labute approximate surface area is 156 Å². The van der Waals surface area contributed by atoms with Gasteiger partial charge in [0.1, 0.15) is 17.1 Å². The first-order valence-electron chi connectivity index (χ1n) is 9.70. The van der Waals surface area contributed by atoms with E-state index in [1.165, 1.54) is 11.1 Å². The zero-order valence-electron chi connectivity index (χ0n) is 16.0. The van der Waals surface area contributed by atoms with Crippen molar-refractivity contribution < 1.29 is 9.84 Å². The molecule has 0 amide bonds. The molecule has 2 heteroatoms. The minimum atomic E-state index is -0.209. The lowest BCUT2D eigenvalue weighted by Crippen LogP contribution is -2.45. The molecule has 0 radical (unpaired) electrons. The van der Waals surface area contributed by atoms with Gasteiger partial charge >= 0.3 is 0 Å². The van der Waals surface area contributed by atoms with Crippen LogP contribution in [0, 0.1) is 5.92 Å². The van der Waals surface area contributed by atoms with Crippen LogP contribution in [0.4, 0.5) is 0 Å². The maximum atomic E-state index is 10.8. The molecule has 2 aliphatic rings. The molecule has 2 aromatic carbocycles. The molecule has 136 valence electrons. The summed E-state index contributed by atoms with van der Waals surface area (Å²) < 4.78 is 6.41. The number of fused-ring (bicyclic) bond motifs is 3. The lowest BCUT2D eigenvalue weighted by atomic mass is 9.68. The van der Waals surface area contributed by atoms with Crippen LogP contribution in [0.25, 0.3) is 0 Å². The number of rotatable bonds is 3. The Morgan fingerprint density at radius 2 is 1.81 bits per heavy atom. The van der Waals surface area contributed by atoms with Crippen molar-refractivity contribution in [3.05, 3.63) is 70.8 Å². The summed E-state index contributed by atoms with van der Waals surface area (Å²) in [5.74, 6) is 1.93. The predicted octanol–water partition coefficient (Wildman–Crippen LogP) is 5.79. The van der Waals surface area contributed by atoms with Gasteiger partial charge in [0.15, 0.2) is 0 Å². The van der Waals surface area contributed by atoms with E-state index in [0.29, 0.717) is 11.7 Å². The van der Waals surface area contributed by atoms with Crippen molar-refractivity contribution in [1.82, 2.24) is 0 Å². The minimum absolute atomic E-state index is 0.209. The number of allylic oxidation sites excluding steroid dienone is 2. The second-order valence-corrected chi connectivity index (χ2v) is 8.40. The van der Waals surface area contributed by atoms with Gasteiger partial charge < -0.3 is 9.84 Å². The molecule has 0 aromatic heterocycles. The van der Waals surface area contributed by atoms with Crippen LogP contribution in [0.3, 0.4) is 0 Å². The van der Waals surface area contributed by atoms with Crippen LogP contribution in [0.2, 0.25) is 0 Å². The fourth-order valence-electron chi connectivity index (χ4n) is 4.66. The van der Waals surface area contributed by atoms with Gasteiger partial charge in [0.25, 0.3) is 0 Å². The van der Waals surface area contributed by atoms with E-state index in [1.54, 1.807) is 0 Å². The van der Waals surface area contributed by atoms with Crippen LogP contribution in [0.15, 0.2) is 54.1 Å². The average Bonchev–Trinajstić information content (AvgIpc) is 2.59. The normalized spacial score (nSPS) is 23.4. The third-order valence-corrected chi connectivity index (χ3v) is 6.07. The second kappa shape index (κ2) is 6.50. The quantitative estimate of drug-likeness (QED) is 0.712. The third kappa shape index (κ3) is 3.13. The minimum Gasteiger partial charge on any atom is -0.507 e. The van der Waals surface area contributed by atoms with E-state index in [2.05, 4.69) is 57.2 Å². The summed E-state index contributed by atoms with van der Waals surface area (Å²) in [5, 5.41) is 10.8. The lowest BCUT2D eigenvalue weighted by molar-refractivity contribution is 0.0107. The lowest BCUT2D eigenvalue weighted by Gasteiger charge is -2.46. The Balaban J connectivity index is 1.67. The van der Waals surface area contributed by atoms with Crippen molar-refractivity contribution in [1.29, 1.82) is 0 Å². The highest BCUT2D eigenvalue weighted by Gasteiger charge is 2.45. The van der Waals surface area contributed by atoms with E-state index in [1.807, 2.05) is 12.1 Å².